The molecule has 13 heteroatoms. The predicted octanol–water partition coefficient (Wildman–Crippen LogP) is 9.11. The molecule has 0 bridgehead atoms. The van der Waals surface area contributed by atoms with Crippen LogP contribution in [0.15, 0.2) is 154 Å². The van der Waals surface area contributed by atoms with Gasteiger partial charge in [0.2, 0.25) is 10.2 Å². The lowest BCUT2D eigenvalue weighted by molar-refractivity contribution is -0.134. The highest BCUT2D eigenvalue weighted by molar-refractivity contribution is 8.87. The van der Waals surface area contributed by atoms with Gasteiger partial charge < -0.3 is 29.7 Å². The zero-order chi connectivity index (χ0) is 40.1. The van der Waals surface area contributed by atoms with Gasteiger partial charge in [0.1, 0.15) is 34.4 Å². The molecule has 6 aromatic rings. The molecule has 0 spiro atoms. The fraction of sp³-hybridized carbons (Fsp3) is 0.0909. The number of carboxylic acid groups (broad SMARTS) is 2. The monoisotopic (exact) mass is 816 g/mol. The number of hydrogen-bond donors (Lipinski definition) is 5. The Balaban J connectivity index is 0.000000145. The predicted molar refractivity (Wildman–Crippen MR) is 227 cm³/mol. The Labute approximate surface area is 341 Å². The maximum Gasteiger partial charge on any atom is 0.353 e. The van der Waals surface area contributed by atoms with Crippen LogP contribution >= 0.6 is 34.2 Å². The van der Waals surface area contributed by atoms with Crippen molar-refractivity contribution in [2.24, 2.45) is 0 Å². The molecule has 4 heterocycles. The van der Waals surface area contributed by atoms with Crippen LogP contribution in [0, 0.1) is 0 Å². The molecule has 4 aromatic carbocycles. The SMILES string of the molecule is O=C(Cc1ccccc1)SSC(=O)Cc1ccccc1.O=C(O)C1=C(S)c2oc(-c3ccccc3)cc2CN1.O=C(O)C1=Cc2oc(-c3ccccc3)cc2CN1. The first-order valence-electron chi connectivity index (χ1n) is 17.6. The van der Waals surface area contributed by atoms with E-state index in [0.717, 1.165) is 60.7 Å². The van der Waals surface area contributed by atoms with Crippen LogP contribution in [0.2, 0.25) is 0 Å². The van der Waals surface area contributed by atoms with E-state index < -0.39 is 11.9 Å². The van der Waals surface area contributed by atoms with E-state index in [1.54, 1.807) is 0 Å². The number of benzene rings is 4. The van der Waals surface area contributed by atoms with E-state index in [4.69, 9.17) is 19.0 Å². The smallest absolute Gasteiger partial charge is 0.353 e. The number of carbonyl (C=O) groups is 4. The number of fused-ring (bicyclic) bond motifs is 2. The number of aliphatic carboxylic acids is 2. The Bertz CT molecular complexity index is 2360. The van der Waals surface area contributed by atoms with Gasteiger partial charge >= 0.3 is 11.9 Å². The first-order valence-corrected chi connectivity index (χ1v) is 20.2. The van der Waals surface area contributed by atoms with E-state index in [9.17, 15) is 19.2 Å². The highest BCUT2D eigenvalue weighted by Gasteiger charge is 2.25. The van der Waals surface area contributed by atoms with Crippen molar-refractivity contribution in [1.29, 1.82) is 0 Å². The Morgan fingerprint density at radius 2 is 1.05 bits per heavy atom. The van der Waals surface area contributed by atoms with E-state index >= 15 is 0 Å². The molecular weight excluding hydrogens is 781 g/mol. The maximum atomic E-state index is 11.8. The summed E-state index contributed by atoms with van der Waals surface area (Å²) >= 11 is 4.24. The van der Waals surface area contributed by atoms with E-state index in [2.05, 4.69) is 23.3 Å². The second-order valence-corrected chi connectivity index (χ2v) is 15.2. The summed E-state index contributed by atoms with van der Waals surface area (Å²) in [5, 5.41) is 23.6. The number of nitrogens with one attached hydrogen (secondary N) is 2. The standard InChI is InChI=1S/C16H14O2S2.C14H11NO3S.C14H11NO3/c17-15(11-13-7-3-1-4-8-13)19-20-16(18)12-14-9-5-2-6-10-14;16-14(17)11-13(19)12-9(7-15-11)6-10(18-12)8-4-2-1-3-5-8;16-14(17)11-7-13-10(8-15-11)6-12(18-13)9-4-2-1-3-5-9/h1-10H,11-12H2;1-6,15,19H,7H2,(H,16,17);1-7,15H,8H2,(H,16,17). The van der Waals surface area contributed by atoms with Crippen molar-refractivity contribution >= 4 is 67.4 Å². The van der Waals surface area contributed by atoms with Crippen molar-refractivity contribution in [3.05, 3.63) is 179 Å². The molecule has 0 radical (unpaired) electrons. The van der Waals surface area contributed by atoms with Crippen LogP contribution in [-0.2, 0) is 45.1 Å². The summed E-state index contributed by atoms with van der Waals surface area (Å²) in [5.74, 6) is 0.603. The molecule has 2 aliphatic heterocycles. The van der Waals surface area contributed by atoms with Crippen molar-refractivity contribution in [3.63, 3.8) is 0 Å². The van der Waals surface area contributed by atoms with Gasteiger partial charge in [-0.3, -0.25) is 9.59 Å². The molecule has 57 heavy (non-hydrogen) atoms. The van der Waals surface area contributed by atoms with Gasteiger partial charge in [-0.25, -0.2) is 9.59 Å². The average Bonchev–Trinajstić information content (AvgIpc) is 3.88. The number of carboxylic acids is 2. The second kappa shape index (κ2) is 19.6. The third-order valence-electron chi connectivity index (χ3n) is 8.47. The van der Waals surface area contributed by atoms with Gasteiger partial charge in [-0.2, -0.15) is 0 Å². The van der Waals surface area contributed by atoms with E-state index in [-0.39, 0.29) is 21.6 Å². The Morgan fingerprint density at radius 3 is 1.54 bits per heavy atom. The number of carbonyl (C=O) groups excluding carboxylic acids is 2. The molecular formula is C44H36N2O8S3. The van der Waals surface area contributed by atoms with Crippen LogP contribution in [0.4, 0.5) is 0 Å². The third-order valence-corrected chi connectivity index (χ3v) is 11.0. The molecule has 0 saturated carbocycles. The molecule has 288 valence electrons. The lowest BCUT2D eigenvalue weighted by Crippen LogP contribution is -2.24. The normalized spacial score (nSPS) is 12.5. The van der Waals surface area contributed by atoms with Crippen LogP contribution in [0.1, 0.15) is 33.8 Å². The quantitative estimate of drug-likeness (QED) is 0.0734. The molecule has 2 aromatic heterocycles. The van der Waals surface area contributed by atoms with Gasteiger partial charge in [0.15, 0.2) is 0 Å². The summed E-state index contributed by atoms with van der Waals surface area (Å²) in [6.07, 6.45) is 2.24. The third kappa shape index (κ3) is 11.2. The molecule has 0 unspecified atom stereocenters. The van der Waals surface area contributed by atoms with Crippen LogP contribution in [0.25, 0.3) is 33.6 Å². The zero-order valence-electron chi connectivity index (χ0n) is 30.2. The maximum absolute atomic E-state index is 11.8. The van der Waals surface area contributed by atoms with Crippen molar-refractivity contribution in [2.75, 3.05) is 0 Å². The Hall–Kier alpha value is -6.15. The van der Waals surface area contributed by atoms with Crippen LogP contribution in [-0.4, -0.2) is 32.4 Å². The second-order valence-electron chi connectivity index (χ2n) is 12.5. The topological polar surface area (TPSA) is 159 Å². The number of thiol groups is 1. The minimum Gasteiger partial charge on any atom is -0.477 e. The first-order chi connectivity index (χ1) is 27.6. The molecule has 0 fully saturated rings. The molecule has 0 saturated heterocycles. The minimum atomic E-state index is -1.03. The van der Waals surface area contributed by atoms with Crippen LogP contribution in [0.3, 0.4) is 0 Å². The van der Waals surface area contributed by atoms with Gasteiger partial charge in [-0.15, -0.1) is 12.6 Å². The molecule has 2 aliphatic rings. The number of rotatable bonds is 8. The number of hydrogen-bond acceptors (Lipinski definition) is 11. The number of furan rings is 2. The Morgan fingerprint density at radius 1 is 0.596 bits per heavy atom. The zero-order valence-corrected chi connectivity index (χ0v) is 32.7. The largest absolute Gasteiger partial charge is 0.477 e. The van der Waals surface area contributed by atoms with Crippen molar-refractivity contribution in [3.8, 4) is 22.6 Å². The molecule has 8 rings (SSSR count). The van der Waals surface area contributed by atoms with Gasteiger partial charge in [0.25, 0.3) is 0 Å². The summed E-state index contributed by atoms with van der Waals surface area (Å²) in [6.45, 7) is 0.904. The van der Waals surface area contributed by atoms with Crippen molar-refractivity contribution in [2.45, 2.75) is 25.9 Å². The van der Waals surface area contributed by atoms with E-state index in [0.29, 0.717) is 48.1 Å². The summed E-state index contributed by atoms with van der Waals surface area (Å²) in [5.41, 5.74) is 6.00. The molecule has 0 atom stereocenters. The highest BCUT2D eigenvalue weighted by atomic mass is 33.1. The van der Waals surface area contributed by atoms with E-state index in [1.165, 1.54) is 6.08 Å². The lowest BCUT2D eigenvalue weighted by Gasteiger charge is -2.15. The van der Waals surface area contributed by atoms with Crippen LogP contribution < -0.4 is 10.6 Å². The van der Waals surface area contributed by atoms with Gasteiger partial charge in [-0.1, -0.05) is 121 Å². The van der Waals surface area contributed by atoms with Crippen molar-refractivity contribution in [1.82, 2.24) is 10.6 Å². The molecule has 10 nitrogen and oxygen atoms in total. The summed E-state index contributed by atoms with van der Waals surface area (Å²) < 4.78 is 11.4. The fourth-order valence-electron chi connectivity index (χ4n) is 5.70. The average molecular weight is 817 g/mol. The fourth-order valence-corrected chi connectivity index (χ4v) is 7.61. The van der Waals surface area contributed by atoms with Gasteiger partial charge in [0, 0.05) is 54.3 Å². The van der Waals surface area contributed by atoms with Crippen LogP contribution in [0.5, 0.6) is 0 Å². The Kier molecular flexibility index (Phi) is 14.0. The van der Waals surface area contributed by atoms with Crippen molar-refractivity contribution < 1.29 is 38.2 Å². The van der Waals surface area contributed by atoms with E-state index in [1.807, 2.05) is 133 Å². The molecule has 0 aliphatic carbocycles. The lowest BCUT2D eigenvalue weighted by atomic mass is 10.1. The summed E-state index contributed by atoms with van der Waals surface area (Å²) in [7, 11) is 2.05. The van der Waals surface area contributed by atoms with Gasteiger partial charge in [-0.05, 0) is 44.8 Å². The van der Waals surface area contributed by atoms with Gasteiger partial charge in [0.05, 0.1) is 4.91 Å². The molecule has 0 amide bonds. The summed E-state index contributed by atoms with van der Waals surface area (Å²) in [6, 6.07) is 42.3. The minimum absolute atomic E-state index is 0.00242. The highest BCUT2D eigenvalue weighted by Crippen LogP contribution is 2.35. The first kappa shape index (κ1) is 40.5. The molecule has 4 N–H and O–H groups in total. The summed E-state index contributed by atoms with van der Waals surface area (Å²) in [4.78, 5) is 45.8.